The molecular weight excluding hydrogens is 242 g/mol. The van der Waals surface area contributed by atoms with E-state index >= 15 is 0 Å². The zero-order valence-electron chi connectivity index (χ0n) is 11.3. The van der Waals surface area contributed by atoms with Gasteiger partial charge in [0.05, 0.1) is 10.8 Å². The highest BCUT2D eigenvalue weighted by molar-refractivity contribution is 7.85. The third kappa shape index (κ3) is 1.68. The van der Waals surface area contributed by atoms with Gasteiger partial charge in [-0.1, -0.05) is 19.9 Å². The second-order valence-corrected chi connectivity index (χ2v) is 7.42. The number of hydrogen-bond donors (Lipinski definition) is 1. The molecule has 18 heavy (non-hydrogen) atoms. The molecule has 1 aliphatic carbocycles. The van der Waals surface area contributed by atoms with Crippen LogP contribution in [0.3, 0.4) is 0 Å². The molecule has 0 fully saturated rings. The summed E-state index contributed by atoms with van der Waals surface area (Å²) in [5, 5.41) is 3.65. The molecule has 0 bridgehead atoms. The zero-order valence-corrected chi connectivity index (χ0v) is 12.1. The van der Waals surface area contributed by atoms with E-state index in [0.717, 1.165) is 11.3 Å². The first-order valence-corrected chi connectivity index (χ1v) is 8.08. The van der Waals surface area contributed by atoms with Crippen LogP contribution in [-0.2, 0) is 23.6 Å². The molecule has 1 heterocycles. The number of benzene rings is 1. The number of aryl methyl sites for hydroxylation is 2. The van der Waals surface area contributed by atoms with Gasteiger partial charge in [0.25, 0.3) is 0 Å². The molecule has 1 aromatic rings. The molecule has 1 N–H and O–H groups in total. The van der Waals surface area contributed by atoms with Crippen LogP contribution < -0.4 is 5.32 Å². The van der Waals surface area contributed by atoms with E-state index in [2.05, 4.69) is 31.3 Å². The Morgan fingerprint density at radius 2 is 1.89 bits per heavy atom. The van der Waals surface area contributed by atoms with Gasteiger partial charge in [-0.3, -0.25) is 4.21 Å². The summed E-state index contributed by atoms with van der Waals surface area (Å²) in [6.07, 6.45) is 3.60. The molecule has 2 aliphatic rings. The van der Waals surface area contributed by atoms with Gasteiger partial charge < -0.3 is 5.32 Å². The average molecular weight is 263 g/mol. The Hall–Kier alpha value is -0.670. The summed E-state index contributed by atoms with van der Waals surface area (Å²) in [5.74, 6) is 0.419. The Balaban J connectivity index is 2.17. The molecule has 98 valence electrons. The van der Waals surface area contributed by atoms with E-state index < -0.39 is 10.8 Å². The van der Waals surface area contributed by atoms with Gasteiger partial charge in [-0.15, -0.1) is 0 Å². The fraction of sp³-hybridized carbons (Fsp3) is 0.600. The van der Waals surface area contributed by atoms with Crippen LogP contribution >= 0.6 is 0 Å². The van der Waals surface area contributed by atoms with Crippen LogP contribution in [0, 0.1) is 5.92 Å². The quantitative estimate of drug-likeness (QED) is 0.844. The lowest BCUT2D eigenvalue weighted by Gasteiger charge is -2.35. The first-order valence-electron chi connectivity index (χ1n) is 6.87. The van der Waals surface area contributed by atoms with Gasteiger partial charge in [0.2, 0.25) is 0 Å². The van der Waals surface area contributed by atoms with E-state index in [1.165, 1.54) is 29.5 Å². The van der Waals surface area contributed by atoms with Crippen molar-refractivity contribution in [2.45, 2.75) is 49.3 Å². The van der Waals surface area contributed by atoms with Crippen LogP contribution in [0.4, 0.5) is 0 Å². The third-order valence-electron chi connectivity index (χ3n) is 4.69. The molecule has 3 rings (SSSR count). The predicted octanol–water partition coefficient (Wildman–Crippen LogP) is 2.58. The maximum atomic E-state index is 12.6. The number of rotatable bonds is 1. The lowest BCUT2D eigenvalue weighted by Crippen LogP contribution is -2.37. The molecule has 1 aromatic carbocycles. The zero-order chi connectivity index (χ0) is 12.9. The summed E-state index contributed by atoms with van der Waals surface area (Å²) in [6, 6.07) is 4.89. The molecule has 0 aromatic heterocycles. The molecule has 0 radical (unpaired) electrons. The minimum atomic E-state index is -0.845. The van der Waals surface area contributed by atoms with Gasteiger partial charge in [0, 0.05) is 16.2 Å². The summed E-state index contributed by atoms with van der Waals surface area (Å²) in [4.78, 5) is 1.08. The number of nitrogens with one attached hydrogen (secondary N) is 1. The van der Waals surface area contributed by atoms with E-state index in [4.69, 9.17) is 0 Å². The van der Waals surface area contributed by atoms with Crippen molar-refractivity contribution in [3.05, 3.63) is 28.8 Å². The van der Waals surface area contributed by atoms with Gasteiger partial charge in [0.1, 0.15) is 0 Å². The highest BCUT2D eigenvalue weighted by Crippen LogP contribution is 2.40. The Morgan fingerprint density at radius 1 is 1.22 bits per heavy atom. The minimum absolute atomic E-state index is 0.231. The number of fused-ring (bicyclic) bond motifs is 2. The van der Waals surface area contributed by atoms with Crippen molar-refractivity contribution >= 4 is 10.8 Å². The highest BCUT2D eigenvalue weighted by atomic mass is 32.2. The largest absolute Gasteiger partial charge is 0.313 e. The van der Waals surface area contributed by atoms with E-state index in [1.807, 2.05) is 7.05 Å². The molecule has 0 amide bonds. The topological polar surface area (TPSA) is 29.1 Å². The maximum absolute atomic E-state index is 12.6. The van der Waals surface area contributed by atoms with Crippen LogP contribution in [0.15, 0.2) is 17.0 Å². The lowest BCUT2D eigenvalue weighted by molar-refractivity contribution is 0.388. The van der Waals surface area contributed by atoms with Gasteiger partial charge >= 0.3 is 0 Å². The smallest absolute Gasteiger partial charge is 0.0564 e. The number of hydrogen-bond acceptors (Lipinski definition) is 2. The molecule has 1 aliphatic heterocycles. The minimum Gasteiger partial charge on any atom is -0.313 e. The van der Waals surface area contributed by atoms with Crippen LogP contribution in [0.1, 0.15) is 43.0 Å². The summed E-state index contributed by atoms with van der Waals surface area (Å²) in [7, 11) is 1.17. The van der Waals surface area contributed by atoms with E-state index in [-0.39, 0.29) is 5.25 Å². The highest BCUT2D eigenvalue weighted by Gasteiger charge is 2.36. The van der Waals surface area contributed by atoms with Crippen LogP contribution in [-0.4, -0.2) is 16.5 Å². The average Bonchev–Trinajstić information content (AvgIpc) is 2.82. The van der Waals surface area contributed by atoms with Crippen LogP contribution in [0.5, 0.6) is 0 Å². The first kappa shape index (κ1) is 12.4. The fourth-order valence-corrected chi connectivity index (χ4v) is 5.03. The molecule has 3 heteroatoms. The van der Waals surface area contributed by atoms with Crippen molar-refractivity contribution in [1.29, 1.82) is 0 Å². The van der Waals surface area contributed by atoms with Crippen molar-refractivity contribution in [2.24, 2.45) is 5.92 Å². The Labute approximate surface area is 112 Å². The van der Waals surface area contributed by atoms with Crippen LogP contribution in [0.25, 0.3) is 0 Å². The van der Waals surface area contributed by atoms with Crippen molar-refractivity contribution in [2.75, 3.05) is 7.05 Å². The molecule has 0 saturated carbocycles. The van der Waals surface area contributed by atoms with E-state index in [0.29, 0.717) is 12.0 Å². The van der Waals surface area contributed by atoms with Crippen molar-refractivity contribution in [1.82, 2.24) is 5.32 Å². The summed E-state index contributed by atoms with van der Waals surface area (Å²) in [5.41, 5.74) is 4.19. The standard InChI is InChI=1S/C15H21NOS/c1-9-10(2)18(17)14-8-12-6-4-5-11(12)7-13(14)15(9)16-3/h7-10,15-16H,4-6H2,1-3H3. The maximum Gasteiger partial charge on any atom is 0.0564 e. The second-order valence-electron chi connectivity index (χ2n) is 5.64. The van der Waals surface area contributed by atoms with Crippen molar-refractivity contribution in [3.63, 3.8) is 0 Å². The molecule has 4 atom stereocenters. The SMILES string of the molecule is CNC1c2cc3c(cc2S(=O)C(C)C1C)CCC3. The first-order chi connectivity index (χ1) is 8.63. The summed E-state index contributed by atoms with van der Waals surface area (Å²) in [6.45, 7) is 4.32. The molecule has 0 saturated heterocycles. The molecular formula is C15H21NOS. The van der Waals surface area contributed by atoms with Gasteiger partial charge in [-0.25, -0.2) is 0 Å². The van der Waals surface area contributed by atoms with Gasteiger partial charge in [-0.05, 0) is 55.0 Å². The van der Waals surface area contributed by atoms with Crippen LogP contribution in [0.2, 0.25) is 0 Å². The lowest BCUT2D eigenvalue weighted by atomic mass is 9.90. The molecule has 2 nitrogen and oxygen atoms in total. The van der Waals surface area contributed by atoms with Gasteiger partial charge in [-0.2, -0.15) is 0 Å². The predicted molar refractivity (Wildman–Crippen MR) is 75.3 cm³/mol. The van der Waals surface area contributed by atoms with Crippen molar-refractivity contribution < 1.29 is 4.21 Å². The van der Waals surface area contributed by atoms with E-state index in [1.54, 1.807) is 0 Å². The van der Waals surface area contributed by atoms with Gasteiger partial charge in [0.15, 0.2) is 0 Å². The van der Waals surface area contributed by atoms with Crippen molar-refractivity contribution in [3.8, 4) is 0 Å². The summed E-state index contributed by atoms with van der Waals surface area (Å²) < 4.78 is 12.6. The summed E-state index contributed by atoms with van der Waals surface area (Å²) >= 11 is 0. The fourth-order valence-electron chi connectivity index (χ4n) is 3.41. The Bertz CT molecular complexity index is 511. The Morgan fingerprint density at radius 3 is 2.56 bits per heavy atom. The monoisotopic (exact) mass is 263 g/mol. The normalized spacial score (nSPS) is 34.2. The molecule has 0 spiro atoms. The third-order valence-corrected chi connectivity index (χ3v) is 6.58. The van der Waals surface area contributed by atoms with E-state index in [9.17, 15) is 4.21 Å². The Kier molecular flexibility index (Phi) is 3.07. The molecule has 4 unspecified atom stereocenters. The second kappa shape index (κ2) is 4.46.